The summed E-state index contributed by atoms with van der Waals surface area (Å²) < 4.78 is 0.753. The van der Waals surface area contributed by atoms with E-state index in [9.17, 15) is 4.79 Å². The van der Waals surface area contributed by atoms with E-state index in [2.05, 4.69) is 15.9 Å². The third-order valence-electron chi connectivity index (χ3n) is 1.56. The van der Waals surface area contributed by atoms with Crippen molar-refractivity contribution in [3.05, 3.63) is 33.3 Å². The van der Waals surface area contributed by atoms with Crippen molar-refractivity contribution in [3.63, 3.8) is 0 Å². The summed E-state index contributed by atoms with van der Waals surface area (Å²) in [5.74, 6) is -1.10. The highest BCUT2D eigenvalue weighted by Gasteiger charge is 2.17. The third-order valence-corrected chi connectivity index (χ3v) is 2.40. The molecule has 5 heteroatoms. The molecule has 0 heterocycles. The summed E-state index contributed by atoms with van der Waals surface area (Å²) in [5.41, 5.74) is 5.81. The van der Waals surface area contributed by atoms with E-state index in [1.807, 2.05) is 0 Å². The molecule has 0 amide bonds. The Bertz CT molecular complexity index is 343. The SMILES string of the molecule is N[C@@H](C(=O)O)c1cc(Br)ccc1Cl. The molecule has 13 heavy (non-hydrogen) atoms. The first-order valence-corrected chi connectivity index (χ1v) is 4.63. The molecular weight excluding hydrogens is 257 g/mol. The van der Waals surface area contributed by atoms with Crippen LogP contribution < -0.4 is 5.73 Å². The van der Waals surface area contributed by atoms with Crippen molar-refractivity contribution in [1.29, 1.82) is 0 Å². The van der Waals surface area contributed by atoms with Gasteiger partial charge in [-0.15, -0.1) is 0 Å². The molecule has 0 aromatic heterocycles. The van der Waals surface area contributed by atoms with E-state index in [4.69, 9.17) is 22.4 Å². The molecule has 1 atom stereocenters. The molecule has 0 aliphatic carbocycles. The van der Waals surface area contributed by atoms with Crippen LogP contribution in [-0.4, -0.2) is 11.1 Å². The van der Waals surface area contributed by atoms with E-state index in [0.717, 1.165) is 4.47 Å². The van der Waals surface area contributed by atoms with Crippen LogP contribution in [0.25, 0.3) is 0 Å². The number of carbonyl (C=O) groups is 1. The van der Waals surface area contributed by atoms with Crippen molar-refractivity contribution < 1.29 is 9.90 Å². The maximum atomic E-state index is 10.6. The van der Waals surface area contributed by atoms with Crippen LogP contribution in [0.4, 0.5) is 0 Å². The fourth-order valence-electron chi connectivity index (χ4n) is 0.886. The van der Waals surface area contributed by atoms with Gasteiger partial charge in [-0.2, -0.15) is 0 Å². The molecule has 0 bridgehead atoms. The topological polar surface area (TPSA) is 63.3 Å². The summed E-state index contributed by atoms with van der Waals surface area (Å²) in [6.45, 7) is 0. The molecule has 1 aromatic rings. The molecule has 0 unspecified atom stereocenters. The molecule has 0 aliphatic rings. The van der Waals surface area contributed by atoms with Crippen LogP contribution in [-0.2, 0) is 4.79 Å². The molecule has 70 valence electrons. The van der Waals surface area contributed by atoms with Gasteiger partial charge in [0.25, 0.3) is 0 Å². The largest absolute Gasteiger partial charge is 0.480 e. The lowest BCUT2D eigenvalue weighted by Gasteiger charge is -2.08. The number of aliphatic carboxylic acids is 1. The van der Waals surface area contributed by atoms with Gasteiger partial charge in [-0.1, -0.05) is 27.5 Å². The number of halogens is 2. The third kappa shape index (κ3) is 2.43. The second-order valence-electron chi connectivity index (χ2n) is 2.48. The van der Waals surface area contributed by atoms with Gasteiger partial charge >= 0.3 is 5.97 Å². The van der Waals surface area contributed by atoms with Crippen molar-refractivity contribution in [1.82, 2.24) is 0 Å². The lowest BCUT2D eigenvalue weighted by Crippen LogP contribution is -2.20. The van der Waals surface area contributed by atoms with Crippen LogP contribution in [0.3, 0.4) is 0 Å². The predicted molar refractivity (Wildman–Crippen MR) is 53.7 cm³/mol. The van der Waals surface area contributed by atoms with Crippen LogP contribution in [0.15, 0.2) is 22.7 Å². The minimum Gasteiger partial charge on any atom is -0.480 e. The molecule has 0 radical (unpaired) electrons. The van der Waals surface area contributed by atoms with Gasteiger partial charge in [-0.25, -0.2) is 0 Å². The van der Waals surface area contributed by atoms with E-state index in [0.29, 0.717) is 10.6 Å². The first-order valence-electron chi connectivity index (χ1n) is 3.45. The summed E-state index contributed by atoms with van der Waals surface area (Å²) in [6.07, 6.45) is 0. The first kappa shape index (κ1) is 10.5. The Morgan fingerprint density at radius 3 is 2.77 bits per heavy atom. The second-order valence-corrected chi connectivity index (χ2v) is 3.80. The molecule has 3 N–H and O–H groups in total. The summed E-state index contributed by atoms with van der Waals surface area (Å²) in [5, 5.41) is 9.01. The van der Waals surface area contributed by atoms with Gasteiger partial charge in [0.2, 0.25) is 0 Å². The van der Waals surface area contributed by atoms with Gasteiger partial charge in [-0.05, 0) is 23.8 Å². The van der Waals surface area contributed by atoms with Gasteiger partial charge in [0.1, 0.15) is 6.04 Å². The minimum absolute atomic E-state index is 0.359. The zero-order valence-electron chi connectivity index (χ0n) is 6.50. The van der Waals surface area contributed by atoms with E-state index in [1.54, 1.807) is 18.2 Å². The zero-order valence-corrected chi connectivity index (χ0v) is 8.84. The number of benzene rings is 1. The second kappa shape index (κ2) is 4.09. The Balaban J connectivity index is 3.12. The lowest BCUT2D eigenvalue weighted by molar-refractivity contribution is -0.138. The highest BCUT2D eigenvalue weighted by Crippen LogP contribution is 2.25. The van der Waals surface area contributed by atoms with Crippen molar-refractivity contribution >= 4 is 33.5 Å². The number of nitrogens with two attached hydrogens (primary N) is 1. The Morgan fingerprint density at radius 1 is 1.62 bits per heavy atom. The number of carboxylic acids is 1. The molecule has 3 nitrogen and oxygen atoms in total. The van der Waals surface area contributed by atoms with Gasteiger partial charge in [-0.3, -0.25) is 4.79 Å². The van der Waals surface area contributed by atoms with Crippen LogP contribution in [0.2, 0.25) is 5.02 Å². The number of rotatable bonds is 2. The van der Waals surface area contributed by atoms with E-state index in [-0.39, 0.29) is 0 Å². The van der Waals surface area contributed by atoms with E-state index < -0.39 is 12.0 Å². The van der Waals surface area contributed by atoms with Crippen LogP contribution in [0, 0.1) is 0 Å². The zero-order chi connectivity index (χ0) is 10.0. The molecular formula is C8H7BrClNO2. The maximum absolute atomic E-state index is 10.6. The van der Waals surface area contributed by atoms with Gasteiger partial charge in [0, 0.05) is 9.50 Å². The standard InChI is InChI=1S/C8H7BrClNO2/c9-4-1-2-6(10)5(3-4)7(11)8(12)13/h1-3,7H,11H2,(H,12,13)/t7-/m1/s1. The average molecular weight is 265 g/mol. The molecule has 0 spiro atoms. The van der Waals surface area contributed by atoms with Crippen molar-refractivity contribution in [2.75, 3.05) is 0 Å². The Hall–Kier alpha value is -0.580. The first-order chi connectivity index (χ1) is 6.02. The monoisotopic (exact) mass is 263 g/mol. The number of carboxylic acid groups (broad SMARTS) is 1. The molecule has 0 saturated heterocycles. The highest BCUT2D eigenvalue weighted by atomic mass is 79.9. The van der Waals surface area contributed by atoms with Gasteiger partial charge < -0.3 is 10.8 Å². The van der Waals surface area contributed by atoms with Crippen molar-refractivity contribution in [2.24, 2.45) is 5.73 Å². The molecule has 0 saturated carbocycles. The maximum Gasteiger partial charge on any atom is 0.325 e. The Labute approximate surface area is 88.6 Å². The van der Waals surface area contributed by atoms with Gasteiger partial charge in [0.15, 0.2) is 0 Å². The Morgan fingerprint density at radius 2 is 2.23 bits per heavy atom. The summed E-state index contributed by atoms with van der Waals surface area (Å²) in [6, 6.07) is 3.84. The van der Waals surface area contributed by atoms with Crippen LogP contribution >= 0.6 is 27.5 Å². The number of hydrogen-bond donors (Lipinski definition) is 2. The Kier molecular flexibility index (Phi) is 3.30. The van der Waals surface area contributed by atoms with E-state index in [1.165, 1.54) is 0 Å². The van der Waals surface area contributed by atoms with Gasteiger partial charge in [0.05, 0.1) is 0 Å². The molecule has 0 fully saturated rings. The van der Waals surface area contributed by atoms with Crippen LogP contribution in [0.1, 0.15) is 11.6 Å². The fourth-order valence-corrected chi connectivity index (χ4v) is 1.50. The average Bonchev–Trinajstić information content (AvgIpc) is 2.08. The van der Waals surface area contributed by atoms with Crippen molar-refractivity contribution in [2.45, 2.75) is 6.04 Å². The fraction of sp³-hybridized carbons (Fsp3) is 0.125. The minimum atomic E-state index is -1.10. The lowest BCUT2D eigenvalue weighted by atomic mass is 10.1. The molecule has 0 aliphatic heterocycles. The summed E-state index contributed by atoms with van der Waals surface area (Å²) in [7, 11) is 0. The smallest absolute Gasteiger partial charge is 0.325 e. The van der Waals surface area contributed by atoms with Crippen LogP contribution in [0.5, 0.6) is 0 Å². The molecule has 1 aromatic carbocycles. The predicted octanol–water partition coefficient (Wildman–Crippen LogP) is 2.19. The summed E-state index contributed by atoms with van der Waals surface area (Å²) >= 11 is 8.98. The normalized spacial score (nSPS) is 12.5. The number of hydrogen-bond acceptors (Lipinski definition) is 2. The quantitative estimate of drug-likeness (QED) is 0.860. The highest BCUT2D eigenvalue weighted by molar-refractivity contribution is 9.10. The van der Waals surface area contributed by atoms with E-state index >= 15 is 0 Å². The molecule has 1 rings (SSSR count). The summed E-state index contributed by atoms with van der Waals surface area (Å²) in [4.78, 5) is 10.6. The van der Waals surface area contributed by atoms with Crippen molar-refractivity contribution in [3.8, 4) is 0 Å².